The van der Waals surface area contributed by atoms with Gasteiger partial charge in [0.05, 0.1) is 0 Å². The first-order valence-electron chi connectivity index (χ1n) is 14.4. The average molecular weight is 511 g/mol. The van der Waals surface area contributed by atoms with Crippen LogP contribution in [-0.2, 0) is 12.8 Å². The van der Waals surface area contributed by atoms with E-state index in [1.54, 1.807) is 0 Å². The molecule has 2 fully saturated rings. The molecular formula is C32H38N4O2. The SMILES string of the molecule is O=C(CC1CCCc2cnc(N3CCN(C4CCC4)CC3)nc2CC1)c1ccc(Oc2ccccc2)cc1. The van der Waals surface area contributed by atoms with Crippen LogP contribution < -0.4 is 9.64 Å². The maximum atomic E-state index is 13.1. The fraction of sp³-hybridized carbons (Fsp3) is 0.469. The van der Waals surface area contributed by atoms with Crippen LogP contribution >= 0.6 is 0 Å². The molecule has 1 aromatic heterocycles. The Balaban J connectivity index is 1.04. The lowest BCUT2D eigenvalue weighted by molar-refractivity contribution is 0.0955. The molecule has 1 unspecified atom stereocenters. The zero-order valence-electron chi connectivity index (χ0n) is 22.2. The molecule has 3 aromatic rings. The third-order valence-corrected chi connectivity index (χ3v) is 8.61. The largest absolute Gasteiger partial charge is 0.457 e. The maximum absolute atomic E-state index is 13.1. The summed E-state index contributed by atoms with van der Waals surface area (Å²) < 4.78 is 5.87. The lowest BCUT2D eigenvalue weighted by Gasteiger charge is -2.43. The number of ether oxygens (including phenoxy) is 1. The molecule has 2 aromatic carbocycles. The van der Waals surface area contributed by atoms with Crippen LogP contribution in [0.5, 0.6) is 11.5 Å². The fourth-order valence-corrected chi connectivity index (χ4v) is 6.03. The van der Waals surface area contributed by atoms with Crippen LogP contribution in [0.25, 0.3) is 0 Å². The van der Waals surface area contributed by atoms with Crippen molar-refractivity contribution in [3.05, 3.63) is 77.6 Å². The minimum absolute atomic E-state index is 0.217. The maximum Gasteiger partial charge on any atom is 0.225 e. The Labute approximate surface area is 226 Å². The lowest BCUT2D eigenvalue weighted by atomic mass is 9.86. The van der Waals surface area contributed by atoms with Gasteiger partial charge >= 0.3 is 0 Å². The summed E-state index contributed by atoms with van der Waals surface area (Å²) in [6, 6.07) is 18.1. The van der Waals surface area contributed by atoms with Gasteiger partial charge in [-0.15, -0.1) is 0 Å². The number of para-hydroxylation sites is 1. The van der Waals surface area contributed by atoms with Gasteiger partial charge in [0.1, 0.15) is 11.5 Å². The molecule has 198 valence electrons. The van der Waals surface area contributed by atoms with Crippen molar-refractivity contribution in [2.45, 2.75) is 63.8 Å². The predicted octanol–water partition coefficient (Wildman–Crippen LogP) is 6.10. The van der Waals surface area contributed by atoms with Crippen LogP contribution in [0.15, 0.2) is 60.8 Å². The number of aryl methyl sites for hydroxylation is 2. The van der Waals surface area contributed by atoms with E-state index in [-0.39, 0.29) is 5.78 Å². The van der Waals surface area contributed by atoms with E-state index in [4.69, 9.17) is 14.7 Å². The van der Waals surface area contributed by atoms with E-state index in [1.807, 2.05) is 54.6 Å². The second kappa shape index (κ2) is 11.6. The second-order valence-electron chi connectivity index (χ2n) is 11.1. The smallest absolute Gasteiger partial charge is 0.225 e. The molecule has 0 bridgehead atoms. The quantitative estimate of drug-likeness (QED) is 0.358. The molecule has 3 aliphatic rings. The number of ketones is 1. The summed E-state index contributed by atoms with van der Waals surface area (Å²) in [4.78, 5) is 27.9. The molecule has 0 radical (unpaired) electrons. The van der Waals surface area contributed by atoms with E-state index >= 15 is 0 Å². The van der Waals surface area contributed by atoms with Gasteiger partial charge in [0.2, 0.25) is 5.95 Å². The number of hydrogen-bond acceptors (Lipinski definition) is 6. The monoisotopic (exact) mass is 510 g/mol. The van der Waals surface area contributed by atoms with Crippen molar-refractivity contribution in [1.29, 1.82) is 0 Å². The van der Waals surface area contributed by atoms with E-state index in [0.29, 0.717) is 12.3 Å². The molecular weight excluding hydrogens is 472 g/mol. The molecule has 6 rings (SSSR count). The standard InChI is InChI=1S/C32H38N4O2/c37-31(25-13-15-29(16-14-25)38-28-10-2-1-3-11-28)22-24-6-4-7-26-23-33-32(34-30(26)17-12-24)36-20-18-35(19-21-36)27-8-5-9-27/h1-3,10-11,13-16,23-24,27H,4-9,12,17-22H2. The summed E-state index contributed by atoms with van der Waals surface area (Å²) in [6.07, 6.45) is 11.9. The molecule has 2 aliphatic carbocycles. The van der Waals surface area contributed by atoms with Crippen molar-refractivity contribution >= 4 is 11.7 Å². The molecule has 0 spiro atoms. The topological polar surface area (TPSA) is 58.6 Å². The molecule has 6 heteroatoms. The third-order valence-electron chi connectivity index (χ3n) is 8.61. The Hall–Kier alpha value is -3.25. The van der Waals surface area contributed by atoms with Crippen LogP contribution in [0.1, 0.15) is 66.6 Å². The average Bonchev–Trinajstić information content (AvgIpc) is 2.91. The number of Topliss-reactive ketones (excluding diaryl/α,β-unsaturated/α-hetero) is 1. The van der Waals surface area contributed by atoms with Gasteiger partial charge < -0.3 is 9.64 Å². The van der Waals surface area contributed by atoms with Crippen LogP contribution in [0.4, 0.5) is 5.95 Å². The fourth-order valence-electron chi connectivity index (χ4n) is 6.03. The Morgan fingerprint density at radius 1 is 0.842 bits per heavy atom. The van der Waals surface area contributed by atoms with Gasteiger partial charge in [0, 0.05) is 56.1 Å². The second-order valence-corrected chi connectivity index (χ2v) is 11.1. The number of aromatic nitrogens is 2. The molecule has 1 saturated heterocycles. The highest BCUT2D eigenvalue weighted by Gasteiger charge is 2.29. The zero-order chi connectivity index (χ0) is 25.7. The number of fused-ring (bicyclic) bond motifs is 1. The summed E-state index contributed by atoms with van der Waals surface area (Å²) in [7, 11) is 0. The van der Waals surface area contributed by atoms with E-state index in [0.717, 1.165) is 87.3 Å². The Morgan fingerprint density at radius 3 is 2.34 bits per heavy atom. The normalized spacial score (nSPS) is 20.6. The molecule has 0 N–H and O–H groups in total. The molecule has 2 heterocycles. The first-order chi connectivity index (χ1) is 18.7. The highest BCUT2D eigenvalue weighted by molar-refractivity contribution is 5.96. The van der Waals surface area contributed by atoms with E-state index in [9.17, 15) is 4.79 Å². The number of carbonyl (C=O) groups excluding carboxylic acids is 1. The Bertz CT molecular complexity index is 1220. The first-order valence-corrected chi connectivity index (χ1v) is 14.4. The molecule has 1 aliphatic heterocycles. The van der Waals surface area contributed by atoms with E-state index < -0.39 is 0 Å². The van der Waals surface area contributed by atoms with Crippen molar-refractivity contribution in [3.8, 4) is 11.5 Å². The number of benzene rings is 2. The summed E-state index contributed by atoms with van der Waals surface area (Å²) in [5.74, 6) is 3.04. The number of rotatable bonds is 7. The van der Waals surface area contributed by atoms with Gasteiger partial charge in [-0.3, -0.25) is 9.69 Å². The van der Waals surface area contributed by atoms with Crippen molar-refractivity contribution in [1.82, 2.24) is 14.9 Å². The summed E-state index contributed by atoms with van der Waals surface area (Å²) in [5, 5.41) is 0. The van der Waals surface area contributed by atoms with Crippen molar-refractivity contribution in [3.63, 3.8) is 0 Å². The predicted molar refractivity (Wildman–Crippen MR) is 150 cm³/mol. The van der Waals surface area contributed by atoms with Gasteiger partial charge in [-0.2, -0.15) is 0 Å². The number of piperazine rings is 1. The van der Waals surface area contributed by atoms with Crippen molar-refractivity contribution in [2.24, 2.45) is 5.92 Å². The van der Waals surface area contributed by atoms with Crippen LogP contribution in [0.3, 0.4) is 0 Å². The molecule has 6 nitrogen and oxygen atoms in total. The van der Waals surface area contributed by atoms with E-state index in [2.05, 4.69) is 16.0 Å². The van der Waals surface area contributed by atoms with Crippen LogP contribution in [0, 0.1) is 5.92 Å². The Morgan fingerprint density at radius 2 is 1.61 bits per heavy atom. The Kier molecular flexibility index (Phi) is 7.68. The number of carbonyl (C=O) groups is 1. The van der Waals surface area contributed by atoms with Gasteiger partial charge in [0.15, 0.2) is 5.78 Å². The first kappa shape index (κ1) is 25.1. The number of anilines is 1. The van der Waals surface area contributed by atoms with Crippen LogP contribution in [0.2, 0.25) is 0 Å². The van der Waals surface area contributed by atoms with Crippen molar-refractivity contribution in [2.75, 3.05) is 31.1 Å². The van der Waals surface area contributed by atoms with Gasteiger partial charge in [0.25, 0.3) is 0 Å². The van der Waals surface area contributed by atoms with Gasteiger partial charge in [-0.25, -0.2) is 9.97 Å². The molecule has 0 amide bonds. The molecule has 1 saturated carbocycles. The highest BCUT2D eigenvalue weighted by Crippen LogP contribution is 2.29. The van der Waals surface area contributed by atoms with Gasteiger partial charge in [-0.1, -0.05) is 24.6 Å². The zero-order valence-corrected chi connectivity index (χ0v) is 22.2. The minimum atomic E-state index is 0.217. The highest BCUT2D eigenvalue weighted by atomic mass is 16.5. The van der Waals surface area contributed by atoms with E-state index in [1.165, 1.54) is 30.5 Å². The third kappa shape index (κ3) is 5.91. The summed E-state index contributed by atoms with van der Waals surface area (Å²) >= 11 is 0. The molecule has 38 heavy (non-hydrogen) atoms. The minimum Gasteiger partial charge on any atom is -0.457 e. The lowest BCUT2D eigenvalue weighted by Crippen LogP contribution is -2.52. The number of hydrogen-bond donors (Lipinski definition) is 0. The van der Waals surface area contributed by atoms with Crippen LogP contribution in [-0.4, -0.2) is 52.9 Å². The van der Waals surface area contributed by atoms with Crippen molar-refractivity contribution < 1.29 is 9.53 Å². The molecule has 1 atom stereocenters. The summed E-state index contributed by atoms with van der Waals surface area (Å²) in [6.45, 7) is 4.27. The summed E-state index contributed by atoms with van der Waals surface area (Å²) in [5.41, 5.74) is 3.25. The van der Waals surface area contributed by atoms with Gasteiger partial charge in [-0.05, 0) is 92.8 Å². The number of nitrogens with zero attached hydrogens (tertiary/aromatic N) is 4.